The first-order valence-electron chi connectivity index (χ1n) is 20.2. The highest BCUT2D eigenvalue weighted by Crippen LogP contribution is 2.41. The van der Waals surface area contributed by atoms with Crippen molar-refractivity contribution < 1.29 is 0 Å². The third-order valence-electron chi connectivity index (χ3n) is 10.7. The fourth-order valence-electron chi connectivity index (χ4n) is 8.03. The molecule has 0 fully saturated rings. The normalized spacial score (nSPS) is 10.7. The van der Waals surface area contributed by atoms with Crippen LogP contribution in [0.3, 0.4) is 0 Å². The van der Waals surface area contributed by atoms with Crippen LogP contribution in [-0.2, 0) is 0 Å². The van der Waals surface area contributed by atoms with Crippen molar-refractivity contribution in [3.8, 4) is 0 Å². The zero-order chi connectivity index (χ0) is 39.6. The molecule has 0 aliphatic rings. The molecule has 0 heterocycles. The number of benzene rings is 9. The monoisotopic (exact) mass is 753 g/mol. The number of rotatable bonds is 11. The van der Waals surface area contributed by atoms with Gasteiger partial charge < -0.3 is 4.90 Å². The lowest BCUT2D eigenvalue weighted by Crippen LogP contribution is -2.10. The predicted molar refractivity (Wildman–Crippen MR) is 250 cm³/mol. The van der Waals surface area contributed by atoms with Crippen LogP contribution in [-0.4, -0.2) is 0 Å². The van der Waals surface area contributed by atoms with Crippen LogP contribution >= 0.6 is 0 Å². The van der Waals surface area contributed by atoms with E-state index < -0.39 is 0 Å². The van der Waals surface area contributed by atoms with Gasteiger partial charge in [-0.15, -0.1) is 0 Å². The summed E-state index contributed by atoms with van der Waals surface area (Å²) in [5, 5.41) is 0. The first-order valence-corrected chi connectivity index (χ1v) is 20.2. The van der Waals surface area contributed by atoms with E-state index in [-0.39, 0.29) is 0 Å². The lowest BCUT2D eigenvalue weighted by Gasteiger charge is -2.26. The molecule has 0 bridgehead atoms. The third kappa shape index (κ3) is 8.09. The topological polar surface area (TPSA) is 3.24 Å². The fourth-order valence-corrected chi connectivity index (χ4v) is 8.03. The van der Waals surface area contributed by atoms with E-state index in [9.17, 15) is 0 Å². The molecular weight excluding hydrogens is 711 g/mol. The molecule has 9 aromatic carbocycles. The minimum atomic E-state index is 1.08. The van der Waals surface area contributed by atoms with Gasteiger partial charge in [-0.2, -0.15) is 0 Å². The number of anilines is 3. The maximum Gasteiger partial charge on any atom is 0.0462 e. The van der Waals surface area contributed by atoms with E-state index in [4.69, 9.17) is 0 Å². The number of nitrogens with zero attached hydrogens (tertiary/aromatic N) is 1. The molecule has 0 saturated carbocycles. The van der Waals surface area contributed by atoms with Gasteiger partial charge in [-0.3, -0.25) is 0 Å². The molecule has 0 aliphatic heterocycles. The molecule has 9 rings (SSSR count). The van der Waals surface area contributed by atoms with Crippen molar-refractivity contribution >= 4 is 39.4 Å². The van der Waals surface area contributed by atoms with Gasteiger partial charge in [-0.1, -0.05) is 224 Å². The van der Waals surface area contributed by atoms with E-state index in [2.05, 4.69) is 266 Å². The Labute approximate surface area is 348 Å². The van der Waals surface area contributed by atoms with E-state index in [0.29, 0.717) is 0 Å². The summed E-state index contributed by atoms with van der Waals surface area (Å²) in [7, 11) is 0. The molecule has 0 amide bonds. The van der Waals surface area contributed by atoms with Gasteiger partial charge in [0, 0.05) is 17.1 Å². The molecule has 1 heteroatoms. The molecule has 9 aromatic rings. The van der Waals surface area contributed by atoms with E-state index in [1.807, 2.05) is 0 Å². The molecule has 280 valence electrons. The second-order valence-corrected chi connectivity index (χ2v) is 14.5. The van der Waals surface area contributed by atoms with Crippen molar-refractivity contribution in [2.45, 2.75) is 0 Å². The lowest BCUT2D eigenvalue weighted by molar-refractivity contribution is 1.28. The van der Waals surface area contributed by atoms with E-state index in [1.54, 1.807) is 0 Å². The average molecular weight is 754 g/mol. The Kier molecular flexibility index (Phi) is 11.0. The first-order chi connectivity index (χ1) is 29.3. The molecule has 0 unspecified atom stereocenters. The molecule has 1 nitrogen and oxygen atoms in total. The van der Waals surface area contributed by atoms with Gasteiger partial charge in [0.1, 0.15) is 0 Å². The van der Waals surface area contributed by atoms with Crippen LogP contribution in [0.2, 0.25) is 0 Å². The van der Waals surface area contributed by atoms with Crippen molar-refractivity contribution in [1.29, 1.82) is 0 Å². The van der Waals surface area contributed by atoms with Gasteiger partial charge in [0.2, 0.25) is 0 Å². The van der Waals surface area contributed by atoms with Gasteiger partial charge in [0.15, 0.2) is 0 Å². The van der Waals surface area contributed by atoms with Crippen LogP contribution in [0.1, 0.15) is 44.5 Å². The molecule has 0 saturated heterocycles. The molecule has 0 spiro atoms. The summed E-state index contributed by atoms with van der Waals surface area (Å²) in [6.07, 6.45) is 0. The van der Waals surface area contributed by atoms with Crippen molar-refractivity contribution in [1.82, 2.24) is 0 Å². The summed E-state index contributed by atoms with van der Waals surface area (Å²) in [6.45, 7) is 0. The molecule has 0 N–H and O–H groups in total. The highest BCUT2D eigenvalue weighted by molar-refractivity contribution is 6.06. The van der Waals surface area contributed by atoms with E-state index in [1.165, 1.54) is 55.7 Å². The quantitative estimate of drug-likeness (QED) is 0.119. The minimum absolute atomic E-state index is 1.08. The van der Waals surface area contributed by atoms with Gasteiger partial charge in [0.25, 0.3) is 0 Å². The molecule has 59 heavy (non-hydrogen) atoms. The van der Waals surface area contributed by atoms with Crippen molar-refractivity contribution in [2.75, 3.05) is 4.90 Å². The van der Waals surface area contributed by atoms with Gasteiger partial charge >= 0.3 is 0 Å². The highest BCUT2D eigenvalue weighted by atomic mass is 15.1. The molecule has 0 radical (unpaired) electrons. The van der Waals surface area contributed by atoms with Crippen LogP contribution in [0.5, 0.6) is 0 Å². The average Bonchev–Trinajstić information content (AvgIpc) is 3.33. The second-order valence-electron chi connectivity index (χ2n) is 14.5. The zero-order valence-electron chi connectivity index (χ0n) is 32.8. The first kappa shape index (κ1) is 36.9. The van der Waals surface area contributed by atoms with Gasteiger partial charge in [0.05, 0.1) is 0 Å². The third-order valence-corrected chi connectivity index (χ3v) is 10.7. The van der Waals surface area contributed by atoms with E-state index >= 15 is 0 Å². The predicted octanol–water partition coefficient (Wildman–Crippen LogP) is 15.2. The SMILES string of the molecule is c1ccc(C(=C(c2ccccc2)c2ccc(N(c3ccccc3)c3ccc(C(=C(c4ccccc4)c4ccccc4)c4ccccc4)cc3)cc2)c2ccccc2)cc1. The smallest absolute Gasteiger partial charge is 0.0462 e. The van der Waals surface area contributed by atoms with Crippen molar-refractivity contribution in [3.63, 3.8) is 0 Å². The zero-order valence-corrected chi connectivity index (χ0v) is 32.8. The largest absolute Gasteiger partial charge is 0.311 e. The van der Waals surface area contributed by atoms with Crippen LogP contribution in [0.25, 0.3) is 22.3 Å². The van der Waals surface area contributed by atoms with Gasteiger partial charge in [-0.05, 0) is 103 Å². The minimum Gasteiger partial charge on any atom is -0.311 e. The van der Waals surface area contributed by atoms with E-state index in [0.717, 1.165) is 28.2 Å². The molecular formula is C58H43N. The summed E-state index contributed by atoms with van der Waals surface area (Å²) in [4.78, 5) is 2.34. The van der Waals surface area contributed by atoms with Crippen LogP contribution in [0, 0.1) is 0 Å². The summed E-state index contributed by atoms with van der Waals surface area (Å²) in [5.41, 5.74) is 17.4. The van der Waals surface area contributed by atoms with Crippen molar-refractivity contribution in [3.05, 3.63) is 305 Å². The standard InChI is InChI=1S/C58H43N/c1-8-22-44(23-9-1)55(45-24-10-2-11-25-45)57(48-30-16-5-17-31-48)50-36-40-53(41-37-50)59(52-34-20-7-21-35-52)54-42-38-51(39-43-54)58(49-32-18-6-19-33-49)56(46-26-12-3-13-27-46)47-28-14-4-15-29-47/h1-43H. The Morgan fingerprint density at radius 3 is 0.559 bits per heavy atom. The number of hydrogen-bond acceptors (Lipinski definition) is 1. The number of para-hydroxylation sites is 1. The van der Waals surface area contributed by atoms with Crippen LogP contribution in [0.4, 0.5) is 17.1 Å². The highest BCUT2D eigenvalue weighted by Gasteiger charge is 2.20. The fraction of sp³-hybridized carbons (Fsp3) is 0. The summed E-state index contributed by atoms with van der Waals surface area (Å²) >= 11 is 0. The Morgan fingerprint density at radius 2 is 0.339 bits per heavy atom. The second kappa shape index (κ2) is 17.6. The lowest BCUT2D eigenvalue weighted by atomic mass is 9.85. The molecule has 0 aromatic heterocycles. The van der Waals surface area contributed by atoms with Crippen LogP contribution < -0.4 is 4.90 Å². The maximum absolute atomic E-state index is 2.34. The maximum atomic E-state index is 2.34. The Balaban J connectivity index is 1.18. The van der Waals surface area contributed by atoms with Crippen molar-refractivity contribution in [2.24, 2.45) is 0 Å². The Bertz CT molecular complexity index is 2510. The summed E-state index contributed by atoms with van der Waals surface area (Å²) in [5.74, 6) is 0. The summed E-state index contributed by atoms with van der Waals surface area (Å²) < 4.78 is 0. The molecule has 0 atom stereocenters. The Hall–Kier alpha value is -7.74. The number of hydrogen-bond donors (Lipinski definition) is 0. The van der Waals surface area contributed by atoms with Gasteiger partial charge in [-0.25, -0.2) is 0 Å². The summed E-state index contributed by atoms with van der Waals surface area (Å²) in [6, 6.07) is 93.3. The van der Waals surface area contributed by atoms with Crippen LogP contribution in [0.15, 0.2) is 261 Å². The molecule has 0 aliphatic carbocycles. The Morgan fingerprint density at radius 1 is 0.169 bits per heavy atom.